The molecular weight excluding hydrogens is 340 g/mol. The lowest BCUT2D eigenvalue weighted by Gasteiger charge is -2.17. The quantitative estimate of drug-likeness (QED) is 0.370. The lowest BCUT2D eigenvalue weighted by molar-refractivity contribution is -0.123. The number of terminal acetylenes is 1. The van der Waals surface area contributed by atoms with Gasteiger partial charge in [0.25, 0.3) is 11.8 Å². The minimum Gasteiger partial charge on any atom is -0.493 e. The molecule has 1 aromatic rings. The fraction of sp³-hybridized carbons (Fsp3) is 0.133. The molecule has 118 valence electrons. The first-order chi connectivity index (χ1) is 11.0. The van der Waals surface area contributed by atoms with Gasteiger partial charge in [-0.1, -0.05) is 17.5 Å². The average molecular weight is 351 g/mol. The summed E-state index contributed by atoms with van der Waals surface area (Å²) in [6, 6.07) is 3.09. The van der Waals surface area contributed by atoms with Gasteiger partial charge >= 0.3 is 0 Å². The second kappa shape index (κ2) is 7.13. The number of nitrogens with one attached hydrogen (secondary N) is 2. The number of methoxy groups -OCH3 is 1. The predicted molar refractivity (Wildman–Crippen MR) is 89.2 cm³/mol. The molecule has 0 aliphatic carbocycles. The van der Waals surface area contributed by atoms with E-state index in [9.17, 15) is 9.59 Å². The van der Waals surface area contributed by atoms with Crippen LogP contribution in [0.25, 0.3) is 6.08 Å². The highest BCUT2D eigenvalue weighted by Crippen LogP contribution is 2.37. The summed E-state index contributed by atoms with van der Waals surface area (Å²) in [7, 11) is 1.43. The zero-order valence-corrected chi connectivity index (χ0v) is 13.5. The van der Waals surface area contributed by atoms with Crippen molar-refractivity contribution in [2.45, 2.75) is 0 Å². The Morgan fingerprint density at radius 1 is 1.35 bits per heavy atom. The number of halogens is 1. The highest BCUT2D eigenvalue weighted by molar-refractivity contribution is 7.80. The van der Waals surface area contributed by atoms with E-state index >= 15 is 0 Å². The van der Waals surface area contributed by atoms with Crippen LogP contribution in [0.1, 0.15) is 5.56 Å². The van der Waals surface area contributed by atoms with Crippen molar-refractivity contribution >= 4 is 46.8 Å². The van der Waals surface area contributed by atoms with Crippen molar-refractivity contribution < 1.29 is 19.1 Å². The molecule has 1 saturated heterocycles. The second-order valence-corrected chi connectivity index (χ2v) is 5.14. The number of hydrogen-bond donors (Lipinski definition) is 2. The van der Waals surface area contributed by atoms with Gasteiger partial charge in [0.2, 0.25) is 0 Å². The lowest BCUT2D eigenvalue weighted by Crippen LogP contribution is -2.51. The summed E-state index contributed by atoms with van der Waals surface area (Å²) in [5.41, 5.74) is 0.377. The van der Waals surface area contributed by atoms with Crippen molar-refractivity contribution in [1.82, 2.24) is 10.6 Å². The molecule has 1 aromatic carbocycles. The largest absolute Gasteiger partial charge is 0.493 e. The number of carbonyl (C=O) groups excluding carboxylic acids is 2. The van der Waals surface area contributed by atoms with Gasteiger partial charge in [-0.25, -0.2) is 0 Å². The van der Waals surface area contributed by atoms with Crippen molar-refractivity contribution in [1.29, 1.82) is 0 Å². The SMILES string of the molecule is C#CCOc1c(Cl)cc(C=C2C(=O)NC(=S)NC2=O)cc1OC. The normalized spacial score (nSPS) is 13.8. The molecule has 0 unspecified atom stereocenters. The predicted octanol–water partition coefficient (Wildman–Crippen LogP) is 1.27. The molecule has 2 N–H and O–H groups in total. The highest BCUT2D eigenvalue weighted by atomic mass is 35.5. The monoisotopic (exact) mass is 350 g/mol. The standard InChI is InChI=1S/C15H11ClN2O4S/c1-3-4-22-12-10(16)6-8(7-11(12)21-2)5-9-13(19)17-15(23)18-14(9)20/h1,5-7H,4H2,2H3,(H2,17,18,19,20,23). The van der Waals surface area contributed by atoms with Crippen molar-refractivity contribution in [3.8, 4) is 23.8 Å². The van der Waals surface area contributed by atoms with Crippen LogP contribution < -0.4 is 20.1 Å². The smallest absolute Gasteiger partial charge is 0.263 e. The molecule has 6 nitrogen and oxygen atoms in total. The van der Waals surface area contributed by atoms with Gasteiger partial charge in [0.1, 0.15) is 12.2 Å². The maximum atomic E-state index is 11.8. The van der Waals surface area contributed by atoms with E-state index in [0.717, 1.165) is 0 Å². The number of amides is 2. The fourth-order valence-corrected chi connectivity index (χ4v) is 2.31. The van der Waals surface area contributed by atoms with Crippen molar-refractivity contribution in [2.24, 2.45) is 0 Å². The van der Waals surface area contributed by atoms with E-state index in [0.29, 0.717) is 11.3 Å². The zero-order chi connectivity index (χ0) is 17.0. The molecule has 0 saturated carbocycles. The number of carbonyl (C=O) groups is 2. The minimum absolute atomic E-state index is 0.0266. The van der Waals surface area contributed by atoms with Crippen LogP contribution in [0.15, 0.2) is 17.7 Å². The molecule has 23 heavy (non-hydrogen) atoms. The Hall–Kier alpha value is -2.56. The van der Waals surface area contributed by atoms with E-state index in [1.807, 2.05) is 0 Å². The topological polar surface area (TPSA) is 76.7 Å². The molecule has 8 heteroatoms. The van der Waals surface area contributed by atoms with Crippen LogP contribution in [0.5, 0.6) is 11.5 Å². The van der Waals surface area contributed by atoms with E-state index in [2.05, 4.69) is 16.6 Å². The summed E-state index contributed by atoms with van der Waals surface area (Å²) >= 11 is 10.9. The molecule has 2 rings (SSSR count). The Balaban J connectivity index is 2.41. The fourth-order valence-electron chi connectivity index (χ4n) is 1.85. The first-order valence-corrected chi connectivity index (χ1v) is 7.07. The van der Waals surface area contributed by atoms with Crippen LogP contribution in [-0.4, -0.2) is 30.6 Å². The van der Waals surface area contributed by atoms with Crippen molar-refractivity contribution in [2.75, 3.05) is 13.7 Å². The number of ether oxygens (including phenoxy) is 2. The van der Waals surface area contributed by atoms with Crippen molar-refractivity contribution in [3.63, 3.8) is 0 Å². The van der Waals surface area contributed by atoms with E-state index < -0.39 is 11.8 Å². The van der Waals surface area contributed by atoms with Crippen molar-refractivity contribution in [3.05, 3.63) is 28.3 Å². The third-order valence-electron chi connectivity index (χ3n) is 2.81. The Morgan fingerprint density at radius 3 is 2.57 bits per heavy atom. The van der Waals surface area contributed by atoms with Gasteiger partial charge in [0, 0.05) is 0 Å². The van der Waals surface area contributed by atoms with Gasteiger partial charge in [-0.05, 0) is 36.0 Å². The third kappa shape index (κ3) is 3.80. The number of thiocarbonyl (C=S) groups is 1. The van der Waals surface area contributed by atoms with Crippen LogP contribution >= 0.6 is 23.8 Å². The van der Waals surface area contributed by atoms with Crippen LogP contribution in [0, 0.1) is 12.3 Å². The molecular formula is C15H11ClN2O4S. The molecule has 0 atom stereocenters. The average Bonchev–Trinajstić information content (AvgIpc) is 2.49. The van der Waals surface area contributed by atoms with E-state index in [-0.39, 0.29) is 28.1 Å². The molecule has 1 fully saturated rings. The summed E-state index contributed by atoms with van der Waals surface area (Å²) in [6.07, 6.45) is 6.51. The van der Waals surface area contributed by atoms with Gasteiger partial charge in [-0.2, -0.15) is 0 Å². The summed E-state index contributed by atoms with van der Waals surface area (Å²) in [5.74, 6) is 1.74. The Morgan fingerprint density at radius 2 is 2.00 bits per heavy atom. The Kier molecular flexibility index (Phi) is 5.21. The van der Waals surface area contributed by atoms with Gasteiger partial charge in [0.05, 0.1) is 12.1 Å². The molecule has 0 aromatic heterocycles. The summed E-state index contributed by atoms with van der Waals surface area (Å²) in [5, 5.41) is 4.89. The highest BCUT2D eigenvalue weighted by Gasteiger charge is 2.26. The second-order valence-electron chi connectivity index (χ2n) is 4.32. The van der Waals surface area contributed by atoms with Crippen LogP contribution in [-0.2, 0) is 9.59 Å². The molecule has 0 bridgehead atoms. The van der Waals surface area contributed by atoms with E-state index in [4.69, 9.17) is 39.7 Å². The molecule has 0 radical (unpaired) electrons. The minimum atomic E-state index is -0.596. The lowest BCUT2D eigenvalue weighted by atomic mass is 10.1. The molecule has 0 spiro atoms. The van der Waals surface area contributed by atoms with Crippen LogP contribution in [0.3, 0.4) is 0 Å². The zero-order valence-electron chi connectivity index (χ0n) is 11.9. The molecule has 1 heterocycles. The number of hydrogen-bond acceptors (Lipinski definition) is 5. The van der Waals surface area contributed by atoms with E-state index in [1.165, 1.54) is 19.3 Å². The first kappa shape index (κ1) is 16.8. The molecule has 1 aliphatic rings. The molecule has 1 aliphatic heterocycles. The van der Waals surface area contributed by atoms with Gasteiger partial charge < -0.3 is 9.47 Å². The summed E-state index contributed by atoms with van der Waals surface area (Å²) < 4.78 is 10.5. The third-order valence-corrected chi connectivity index (χ3v) is 3.29. The maximum absolute atomic E-state index is 11.8. The van der Waals surface area contributed by atoms with Gasteiger partial charge in [0.15, 0.2) is 16.6 Å². The summed E-state index contributed by atoms with van der Waals surface area (Å²) in [6.45, 7) is 0.0266. The number of rotatable bonds is 4. The van der Waals surface area contributed by atoms with Gasteiger partial charge in [-0.15, -0.1) is 6.42 Å². The Labute approximate surface area is 142 Å². The Bertz CT molecular complexity index is 745. The van der Waals surface area contributed by atoms with Crippen LogP contribution in [0.2, 0.25) is 5.02 Å². The first-order valence-electron chi connectivity index (χ1n) is 6.28. The maximum Gasteiger partial charge on any atom is 0.263 e. The van der Waals surface area contributed by atoms with E-state index in [1.54, 1.807) is 6.07 Å². The molecule has 2 amide bonds. The number of benzene rings is 1. The summed E-state index contributed by atoms with van der Waals surface area (Å²) in [4.78, 5) is 23.7. The van der Waals surface area contributed by atoms with Crippen LogP contribution in [0.4, 0.5) is 0 Å². The van der Waals surface area contributed by atoms with Gasteiger partial charge in [-0.3, -0.25) is 20.2 Å².